The number of hydrogen-bond acceptors (Lipinski definition) is 0. The van der Waals surface area contributed by atoms with Crippen LogP contribution in [0.3, 0.4) is 0 Å². The van der Waals surface area contributed by atoms with E-state index in [1.54, 1.807) is 0 Å². The Bertz CT molecular complexity index is 182. The van der Waals surface area contributed by atoms with Gasteiger partial charge in [0, 0.05) is 0 Å². The Hall–Kier alpha value is -0.260. The second-order valence-corrected chi connectivity index (χ2v) is 5.46. The van der Waals surface area contributed by atoms with Crippen LogP contribution >= 0.6 is 0 Å². The van der Waals surface area contributed by atoms with Crippen LogP contribution in [-0.4, -0.2) is 0 Å². The van der Waals surface area contributed by atoms with E-state index in [4.69, 9.17) is 0 Å². The maximum atomic E-state index is 3.90. The standard InChI is InChI=1S/C15H28/c1-5-12(4)10-13-8-9-14(6-2)15(7-3)11-13/h5,12-15H,1,6-11H2,2-4H3. The molecule has 15 heavy (non-hydrogen) atoms. The van der Waals surface area contributed by atoms with Crippen molar-refractivity contribution in [2.45, 2.75) is 59.3 Å². The van der Waals surface area contributed by atoms with Gasteiger partial charge in [-0.1, -0.05) is 46.1 Å². The molecule has 88 valence electrons. The van der Waals surface area contributed by atoms with E-state index >= 15 is 0 Å². The van der Waals surface area contributed by atoms with E-state index in [1.165, 1.54) is 38.5 Å². The van der Waals surface area contributed by atoms with Gasteiger partial charge in [-0.05, 0) is 42.9 Å². The molecule has 0 heteroatoms. The Morgan fingerprint density at radius 2 is 1.87 bits per heavy atom. The third-order valence-corrected chi connectivity index (χ3v) is 4.40. The zero-order chi connectivity index (χ0) is 11.3. The first-order valence-corrected chi connectivity index (χ1v) is 6.83. The summed E-state index contributed by atoms with van der Waals surface area (Å²) >= 11 is 0. The van der Waals surface area contributed by atoms with Gasteiger partial charge in [0.25, 0.3) is 0 Å². The minimum Gasteiger partial charge on any atom is -0.103 e. The van der Waals surface area contributed by atoms with Gasteiger partial charge in [0.2, 0.25) is 0 Å². The fourth-order valence-electron chi connectivity index (χ4n) is 3.30. The Labute approximate surface area is 96.2 Å². The minimum absolute atomic E-state index is 0.714. The third-order valence-electron chi connectivity index (χ3n) is 4.40. The summed E-state index contributed by atoms with van der Waals surface area (Å²) < 4.78 is 0. The Morgan fingerprint density at radius 1 is 1.20 bits per heavy atom. The molecule has 4 unspecified atom stereocenters. The molecule has 0 saturated heterocycles. The molecule has 1 aliphatic rings. The molecule has 1 saturated carbocycles. The van der Waals surface area contributed by atoms with Crippen LogP contribution in [0.1, 0.15) is 59.3 Å². The van der Waals surface area contributed by atoms with Crippen LogP contribution in [0.15, 0.2) is 12.7 Å². The van der Waals surface area contributed by atoms with Gasteiger partial charge in [-0.15, -0.1) is 6.58 Å². The fraction of sp³-hybridized carbons (Fsp3) is 0.867. The summed E-state index contributed by atoms with van der Waals surface area (Å²) in [5, 5.41) is 0. The molecule has 0 aliphatic heterocycles. The predicted octanol–water partition coefficient (Wildman–Crippen LogP) is 5.05. The molecule has 1 fully saturated rings. The van der Waals surface area contributed by atoms with E-state index in [0.29, 0.717) is 5.92 Å². The van der Waals surface area contributed by atoms with E-state index in [-0.39, 0.29) is 0 Å². The first kappa shape index (κ1) is 12.8. The molecule has 0 aromatic rings. The predicted molar refractivity (Wildman–Crippen MR) is 68.9 cm³/mol. The van der Waals surface area contributed by atoms with Crippen molar-refractivity contribution in [1.29, 1.82) is 0 Å². The largest absolute Gasteiger partial charge is 0.103 e. The summed E-state index contributed by atoms with van der Waals surface area (Å²) in [5.74, 6) is 3.72. The molecule has 0 nitrogen and oxygen atoms in total. The quantitative estimate of drug-likeness (QED) is 0.555. The van der Waals surface area contributed by atoms with Crippen LogP contribution in [0.4, 0.5) is 0 Å². The smallest absolute Gasteiger partial charge is 0.0262 e. The van der Waals surface area contributed by atoms with Crippen molar-refractivity contribution < 1.29 is 0 Å². The van der Waals surface area contributed by atoms with E-state index in [9.17, 15) is 0 Å². The van der Waals surface area contributed by atoms with Gasteiger partial charge in [0.1, 0.15) is 0 Å². The molecule has 0 aromatic carbocycles. The Morgan fingerprint density at radius 3 is 2.40 bits per heavy atom. The lowest BCUT2D eigenvalue weighted by molar-refractivity contribution is 0.157. The molecule has 0 radical (unpaired) electrons. The molecule has 1 rings (SSSR count). The van der Waals surface area contributed by atoms with Crippen LogP contribution in [-0.2, 0) is 0 Å². The molecule has 4 atom stereocenters. The van der Waals surface area contributed by atoms with Crippen LogP contribution in [0.25, 0.3) is 0 Å². The maximum Gasteiger partial charge on any atom is -0.0262 e. The average molecular weight is 208 g/mol. The van der Waals surface area contributed by atoms with Gasteiger partial charge >= 0.3 is 0 Å². The molecule has 0 heterocycles. The van der Waals surface area contributed by atoms with Gasteiger partial charge in [0.05, 0.1) is 0 Å². The zero-order valence-corrected chi connectivity index (χ0v) is 10.8. The summed E-state index contributed by atoms with van der Waals surface area (Å²) in [4.78, 5) is 0. The highest BCUT2D eigenvalue weighted by molar-refractivity contribution is 4.83. The van der Waals surface area contributed by atoms with Crippen molar-refractivity contribution in [3.8, 4) is 0 Å². The van der Waals surface area contributed by atoms with Gasteiger partial charge in [0.15, 0.2) is 0 Å². The number of rotatable bonds is 5. The Kier molecular flexibility index (Phi) is 5.42. The summed E-state index contributed by atoms with van der Waals surface area (Å²) in [6.45, 7) is 10.9. The molecule has 1 aliphatic carbocycles. The number of hydrogen-bond donors (Lipinski definition) is 0. The highest BCUT2D eigenvalue weighted by Crippen LogP contribution is 2.39. The first-order chi connectivity index (χ1) is 7.21. The van der Waals surface area contributed by atoms with Crippen molar-refractivity contribution in [1.82, 2.24) is 0 Å². The summed E-state index contributed by atoms with van der Waals surface area (Å²) in [7, 11) is 0. The first-order valence-electron chi connectivity index (χ1n) is 6.83. The van der Waals surface area contributed by atoms with Gasteiger partial charge in [-0.2, -0.15) is 0 Å². The monoisotopic (exact) mass is 208 g/mol. The SMILES string of the molecule is C=CC(C)CC1CCC(CC)C(CC)C1. The van der Waals surface area contributed by atoms with Crippen molar-refractivity contribution in [2.75, 3.05) is 0 Å². The number of allylic oxidation sites excluding steroid dienone is 1. The van der Waals surface area contributed by atoms with E-state index in [2.05, 4.69) is 33.4 Å². The fourth-order valence-corrected chi connectivity index (χ4v) is 3.30. The van der Waals surface area contributed by atoms with Gasteiger partial charge in [-0.3, -0.25) is 0 Å². The van der Waals surface area contributed by atoms with Crippen molar-refractivity contribution >= 4 is 0 Å². The maximum absolute atomic E-state index is 3.90. The molecule has 0 N–H and O–H groups in total. The second-order valence-electron chi connectivity index (χ2n) is 5.46. The molecule has 0 aromatic heterocycles. The molecular weight excluding hydrogens is 180 g/mol. The van der Waals surface area contributed by atoms with E-state index in [1.807, 2.05) is 0 Å². The second kappa shape index (κ2) is 6.35. The van der Waals surface area contributed by atoms with Gasteiger partial charge < -0.3 is 0 Å². The molecular formula is C15H28. The molecule has 0 bridgehead atoms. The summed E-state index contributed by atoms with van der Waals surface area (Å²) in [5.41, 5.74) is 0. The zero-order valence-electron chi connectivity index (χ0n) is 10.8. The molecule has 0 amide bonds. The van der Waals surface area contributed by atoms with Crippen LogP contribution in [0, 0.1) is 23.7 Å². The lowest BCUT2D eigenvalue weighted by atomic mass is 9.70. The van der Waals surface area contributed by atoms with Crippen molar-refractivity contribution in [3.05, 3.63) is 12.7 Å². The van der Waals surface area contributed by atoms with E-state index in [0.717, 1.165) is 17.8 Å². The van der Waals surface area contributed by atoms with Crippen LogP contribution < -0.4 is 0 Å². The van der Waals surface area contributed by atoms with Crippen LogP contribution in [0.5, 0.6) is 0 Å². The lowest BCUT2D eigenvalue weighted by Crippen LogP contribution is -2.25. The average Bonchev–Trinajstić information content (AvgIpc) is 2.28. The lowest BCUT2D eigenvalue weighted by Gasteiger charge is -2.36. The van der Waals surface area contributed by atoms with E-state index < -0.39 is 0 Å². The topological polar surface area (TPSA) is 0 Å². The summed E-state index contributed by atoms with van der Waals surface area (Å²) in [6, 6.07) is 0. The normalized spacial score (nSPS) is 33.7. The van der Waals surface area contributed by atoms with Crippen molar-refractivity contribution in [3.63, 3.8) is 0 Å². The van der Waals surface area contributed by atoms with Crippen molar-refractivity contribution in [2.24, 2.45) is 23.7 Å². The third kappa shape index (κ3) is 3.66. The van der Waals surface area contributed by atoms with Gasteiger partial charge in [-0.25, -0.2) is 0 Å². The highest BCUT2D eigenvalue weighted by Gasteiger charge is 2.28. The summed E-state index contributed by atoms with van der Waals surface area (Å²) in [6.07, 6.45) is 10.7. The van der Waals surface area contributed by atoms with Crippen LogP contribution in [0.2, 0.25) is 0 Å². The highest BCUT2D eigenvalue weighted by atomic mass is 14.3. The molecule has 0 spiro atoms. The minimum atomic E-state index is 0.714. The Balaban J connectivity index is 2.42.